The average Bonchev–Trinajstić information content (AvgIpc) is 3.00. The zero-order valence-electron chi connectivity index (χ0n) is 27.4. The van der Waals surface area contributed by atoms with Crippen LogP contribution in [0.5, 0.6) is 0 Å². The van der Waals surface area contributed by atoms with E-state index >= 15 is 0 Å². The summed E-state index contributed by atoms with van der Waals surface area (Å²) in [5.74, 6) is -3.53. The molecule has 2 aliphatic rings. The summed E-state index contributed by atoms with van der Waals surface area (Å²) in [5.41, 5.74) is 2.46. The van der Waals surface area contributed by atoms with Gasteiger partial charge in [-0.2, -0.15) is 0 Å². The van der Waals surface area contributed by atoms with Crippen LogP contribution in [0.15, 0.2) is 54.7 Å². The number of hydrogen-bond acceptors (Lipinski definition) is 6. The maximum Gasteiger partial charge on any atom is 0.313 e. The molecular formula is C37H38ClF2N3O5. The summed E-state index contributed by atoms with van der Waals surface area (Å²) >= 11 is 5.91. The van der Waals surface area contributed by atoms with E-state index in [2.05, 4.69) is 10.3 Å². The maximum absolute atomic E-state index is 14.8. The zero-order valence-corrected chi connectivity index (χ0v) is 28.1. The van der Waals surface area contributed by atoms with Gasteiger partial charge in [0.1, 0.15) is 23.6 Å². The number of hydrogen-bond donors (Lipinski definition) is 1. The molecule has 2 atom stereocenters. The Morgan fingerprint density at radius 1 is 1.08 bits per heavy atom. The number of anilines is 1. The highest BCUT2D eigenvalue weighted by molar-refractivity contribution is 6.31. The number of Topliss-reactive ketones (excluding diaryl/α,β-unsaturated/α-hetero) is 1. The number of fused-ring (bicyclic) bond motifs is 4. The third-order valence-corrected chi connectivity index (χ3v) is 8.74. The van der Waals surface area contributed by atoms with E-state index in [-0.39, 0.29) is 59.6 Å². The van der Waals surface area contributed by atoms with Crippen LogP contribution in [0.25, 0.3) is 16.7 Å². The second-order valence-corrected chi connectivity index (χ2v) is 13.7. The minimum absolute atomic E-state index is 0.0167. The molecule has 2 aromatic carbocycles. The minimum atomic E-state index is -0.897. The lowest BCUT2D eigenvalue weighted by molar-refractivity contribution is -0.156. The number of esters is 1. The number of carbonyl (C=O) groups excluding carboxylic acids is 4. The van der Waals surface area contributed by atoms with Gasteiger partial charge in [0.25, 0.3) is 0 Å². The first-order valence-electron chi connectivity index (χ1n) is 16.0. The largest absolute Gasteiger partial charge is 0.460 e. The van der Waals surface area contributed by atoms with Gasteiger partial charge in [-0.3, -0.25) is 24.2 Å². The van der Waals surface area contributed by atoms with E-state index in [0.717, 1.165) is 17.7 Å². The summed E-state index contributed by atoms with van der Waals surface area (Å²) in [5, 5.41) is 2.81. The van der Waals surface area contributed by atoms with Crippen molar-refractivity contribution in [2.45, 2.75) is 77.9 Å². The summed E-state index contributed by atoms with van der Waals surface area (Å²) in [6.07, 6.45) is 4.41. The van der Waals surface area contributed by atoms with Crippen LogP contribution < -0.4 is 5.32 Å². The Bertz CT molecular complexity index is 1800. The van der Waals surface area contributed by atoms with E-state index in [0.29, 0.717) is 41.8 Å². The highest BCUT2D eigenvalue weighted by Gasteiger charge is 2.31. The standard InChI is InChI=1S/C37H38ClF2N3O5/c1-21-6-5-7-31(43-15-13-24(19-32(43)45)34-28(39)11-10-27(38)35(34)40)30-18-23(12-14-41-30)26-9-8-22(17-29(26)42-36(21)47)16-25(44)20-33(46)48-37(2,3)4/h8-12,14,17-19,21,31H,5-7,13,15-16,20H2,1-4H3,(H,42,47)/t21-,31+/m1/s1. The number of ether oxygens (including phenoxy) is 1. The Hall–Kier alpha value is -4.44. The average molecular weight is 678 g/mol. The van der Waals surface area contributed by atoms with Crippen molar-refractivity contribution in [1.29, 1.82) is 0 Å². The van der Waals surface area contributed by atoms with E-state index in [1.54, 1.807) is 50.1 Å². The van der Waals surface area contributed by atoms with E-state index in [9.17, 15) is 28.0 Å². The van der Waals surface area contributed by atoms with E-state index in [1.165, 1.54) is 6.08 Å². The van der Waals surface area contributed by atoms with Gasteiger partial charge in [-0.1, -0.05) is 37.1 Å². The summed E-state index contributed by atoms with van der Waals surface area (Å²) in [6.45, 7) is 7.25. The Morgan fingerprint density at radius 3 is 2.58 bits per heavy atom. The van der Waals surface area contributed by atoms with Crippen molar-refractivity contribution in [2.75, 3.05) is 11.9 Å². The second kappa shape index (κ2) is 14.4. The topological polar surface area (TPSA) is 106 Å². The van der Waals surface area contributed by atoms with Crippen LogP contribution >= 0.6 is 11.6 Å². The zero-order chi connectivity index (χ0) is 34.7. The van der Waals surface area contributed by atoms with Gasteiger partial charge in [-0.15, -0.1) is 0 Å². The van der Waals surface area contributed by atoms with Crippen LogP contribution in [0.4, 0.5) is 14.5 Å². The van der Waals surface area contributed by atoms with Crippen molar-refractivity contribution in [3.8, 4) is 11.1 Å². The lowest BCUT2D eigenvalue weighted by Gasteiger charge is -2.34. The molecule has 2 amide bonds. The Kier molecular flexibility index (Phi) is 10.4. The third kappa shape index (κ3) is 8.16. The van der Waals surface area contributed by atoms with Crippen LogP contribution in [0.2, 0.25) is 5.02 Å². The molecule has 5 rings (SSSR count). The number of carbonyl (C=O) groups is 4. The number of nitrogens with zero attached hydrogens (tertiary/aromatic N) is 2. The molecule has 3 aromatic rings. The first-order chi connectivity index (χ1) is 22.7. The number of halogens is 3. The normalized spacial score (nSPS) is 18.6. The van der Waals surface area contributed by atoms with Crippen molar-refractivity contribution >= 4 is 46.4 Å². The fourth-order valence-electron chi connectivity index (χ4n) is 6.13. The first-order valence-corrected chi connectivity index (χ1v) is 16.4. The summed E-state index contributed by atoms with van der Waals surface area (Å²) < 4.78 is 34.7. The van der Waals surface area contributed by atoms with Crippen molar-refractivity contribution in [2.24, 2.45) is 5.92 Å². The SMILES string of the molecule is C[C@@H]1CCC[C@H](N2CCC(c3c(F)ccc(Cl)c3F)=CC2=O)c2cc(ccn2)-c2ccc(CC(=O)CC(=O)OC(C)(C)C)cc2NC1=O. The van der Waals surface area contributed by atoms with Crippen molar-refractivity contribution in [1.82, 2.24) is 9.88 Å². The smallest absolute Gasteiger partial charge is 0.313 e. The molecule has 0 aliphatic carbocycles. The number of pyridine rings is 1. The Morgan fingerprint density at radius 2 is 1.85 bits per heavy atom. The molecule has 11 heteroatoms. The summed E-state index contributed by atoms with van der Waals surface area (Å²) in [7, 11) is 0. The van der Waals surface area contributed by atoms with Gasteiger partial charge in [0.2, 0.25) is 11.8 Å². The molecule has 2 aliphatic heterocycles. The predicted octanol–water partition coefficient (Wildman–Crippen LogP) is 7.64. The number of rotatable bonds is 6. The van der Waals surface area contributed by atoms with Gasteiger partial charge in [-0.05, 0) is 87.1 Å². The molecule has 1 aromatic heterocycles. The van der Waals surface area contributed by atoms with Crippen LogP contribution in [-0.2, 0) is 30.3 Å². The van der Waals surface area contributed by atoms with Crippen LogP contribution in [0.1, 0.15) is 82.7 Å². The molecular weight excluding hydrogens is 640 g/mol. The number of benzene rings is 2. The fourth-order valence-corrected chi connectivity index (χ4v) is 6.29. The lowest BCUT2D eigenvalue weighted by atomic mass is 9.92. The highest BCUT2D eigenvalue weighted by Crippen LogP contribution is 2.37. The van der Waals surface area contributed by atoms with Crippen LogP contribution in [-0.4, -0.2) is 45.6 Å². The maximum atomic E-state index is 14.8. The fraction of sp³-hybridized carbons (Fsp3) is 0.378. The van der Waals surface area contributed by atoms with E-state index in [1.807, 2.05) is 19.1 Å². The number of aromatic nitrogens is 1. The summed E-state index contributed by atoms with van der Waals surface area (Å²) in [6, 6.07) is 10.8. The quantitative estimate of drug-likeness (QED) is 0.163. The van der Waals surface area contributed by atoms with Crippen LogP contribution in [0, 0.1) is 17.6 Å². The van der Waals surface area contributed by atoms with Crippen LogP contribution in [0.3, 0.4) is 0 Å². The highest BCUT2D eigenvalue weighted by atomic mass is 35.5. The van der Waals surface area contributed by atoms with Gasteiger partial charge in [0.05, 0.1) is 22.3 Å². The Labute approximate surface area is 283 Å². The minimum Gasteiger partial charge on any atom is -0.460 e. The third-order valence-electron chi connectivity index (χ3n) is 8.44. The Balaban J connectivity index is 1.45. The lowest BCUT2D eigenvalue weighted by Crippen LogP contribution is -2.38. The molecule has 0 fully saturated rings. The number of nitrogens with one attached hydrogen (secondary N) is 1. The molecule has 0 radical (unpaired) electrons. The van der Waals surface area contributed by atoms with Crippen molar-refractivity contribution in [3.63, 3.8) is 0 Å². The van der Waals surface area contributed by atoms with Gasteiger partial charge in [-0.25, -0.2) is 8.78 Å². The number of amides is 2. The molecule has 252 valence electrons. The first kappa shape index (κ1) is 34.9. The molecule has 2 bridgehead atoms. The number of ketones is 1. The van der Waals surface area contributed by atoms with E-state index < -0.39 is 35.2 Å². The molecule has 48 heavy (non-hydrogen) atoms. The monoisotopic (exact) mass is 677 g/mol. The summed E-state index contributed by atoms with van der Waals surface area (Å²) in [4.78, 5) is 58.1. The molecule has 0 saturated heterocycles. The van der Waals surface area contributed by atoms with Crippen molar-refractivity contribution in [3.05, 3.63) is 88.2 Å². The van der Waals surface area contributed by atoms with Gasteiger partial charge in [0.15, 0.2) is 5.82 Å². The molecule has 8 nitrogen and oxygen atoms in total. The second-order valence-electron chi connectivity index (χ2n) is 13.3. The van der Waals surface area contributed by atoms with Gasteiger partial charge in [0, 0.05) is 42.4 Å². The molecule has 1 N–H and O–H groups in total. The molecule has 0 spiro atoms. The van der Waals surface area contributed by atoms with Crippen molar-refractivity contribution < 1.29 is 32.7 Å². The molecule has 0 unspecified atom stereocenters. The van der Waals surface area contributed by atoms with Gasteiger partial charge >= 0.3 is 5.97 Å². The molecule has 0 saturated carbocycles. The predicted molar refractivity (Wildman–Crippen MR) is 179 cm³/mol. The molecule has 3 heterocycles. The van der Waals surface area contributed by atoms with Gasteiger partial charge < -0.3 is 15.0 Å². The van der Waals surface area contributed by atoms with E-state index in [4.69, 9.17) is 16.3 Å².